The minimum Gasteiger partial charge on any atom is -0.422 e. The number of benzene rings is 5. The average molecular weight is 348 g/mol. The second-order valence-corrected chi connectivity index (χ2v) is 6.63. The number of hydrogen-bond acceptors (Lipinski definition) is 2. The fraction of sp³-hybridized carbons (Fsp3) is 0. The lowest BCUT2D eigenvalue weighted by Crippen LogP contribution is -2.08. The van der Waals surface area contributed by atoms with Gasteiger partial charge < -0.3 is 4.74 Å². The van der Waals surface area contributed by atoms with Crippen molar-refractivity contribution < 1.29 is 9.53 Å². The lowest BCUT2D eigenvalue weighted by molar-refractivity contribution is 0.0737. The van der Waals surface area contributed by atoms with Gasteiger partial charge in [0.05, 0.1) is 5.56 Å². The first-order valence-corrected chi connectivity index (χ1v) is 8.90. The molecule has 27 heavy (non-hydrogen) atoms. The molecule has 0 aromatic heterocycles. The third kappa shape index (κ3) is 2.81. The Hall–Kier alpha value is -3.65. The Morgan fingerprint density at radius 2 is 1.15 bits per heavy atom. The van der Waals surface area contributed by atoms with Gasteiger partial charge in [-0.3, -0.25) is 0 Å². The van der Waals surface area contributed by atoms with Crippen molar-refractivity contribution in [2.24, 2.45) is 0 Å². The predicted octanol–water partition coefficient (Wildman–Crippen LogP) is 6.37. The SMILES string of the molecule is O=C(Oc1cccc2cc3cc4ccccc4cc3cc12)c1ccccc1. The summed E-state index contributed by atoms with van der Waals surface area (Å²) in [6, 6.07) is 31.8. The fourth-order valence-electron chi connectivity index (χ4n) is 3.51. The quantitative estimate of drug-likeness (QED) is 0.211. The molecule has 0 aliphatic carbocycles. The lowest BCUT2D eigenvalue weighted by atomic mass is 9.99. The van der Waals surface area contributed by atoms with Crippen LogP contribution in [0.4, 0.5) is 0 Å². The standard InChI is InChI=1S/C25H16O2/c26-25(17-7-2-1-3-8-17)27-24-12-6-11-20-15-21-13-18-9-4-5-10-19(18)14-22(21)16-23(20)24/h1-16H. The van der Waals surface area contributed by atoms with Crippen LogP contribution in [0.15, 0.2) is 97.1 Å². The van der Waals surface area contributed by atoms with Crippen molar-refractivity contribution in [1.29, 1.82) is 0 Å². The Morgan fingerprint density at radius 3 is 1.89 bits per heavy atom. The van der Waals surface area contributed by atoms with Gasteiger partial charge in [-0.1, -0.05) is 54.6 Å². The van der Waals surface area contributed by atoms with Gasteiger partial charge in [0.1, 0.15) is 5.75 Å². The monoisotopic (exact) mass is 348 g/mol. The molecule has 0 unspecified atom stereocenters. The van der Waals surface area contributed by atoms with Crippen LogP contribution in [-0.2, 0) is 0 Å². The van der Waals surface area contributed by atoms with Crippen molar-refractivity contribution in [2.75, 3.05) is 0 Å². The summed E-state index contributed by atoms with van der Waals surface area (Å²) in [4.78, 5) is 12.5. The van der Waals surface area contributed by atoms with E-state index in [9.17, 15) is 4.79 Å². The maximum absolute atomic E-state index is 12.5. The molecule has 0 aliphatic rings. The van der Waals surface area contributed by atoms with E-state index in [1.807, 2.05) is 42.5 Å². The van der Waals surface area contributed by atoms with E-state index in [1.165, 1.54) is 16.2 Å². The van der Waals surface area contributed by atoms with Crippen LogP contribution in [0.5, 0.6) is 5.75 Å². The minimum atomic E-state index is -0.346. The largest absolute Gasteiger partial charge is 0.422 e. The van der Waals surface area contributed by atoms with Crippen molar-refractivity contribution in [1.82, 2.24) is 0 Å². The van der Waals surface area contributed by atoms with Gasteiger partial charge in [0.2, 0.25) is 0 Å². The maximum atomic E-state index is 12.5. The zero-order valence-corrected chi connectivity index (χ0v) is 14.6. The summed E-state index contributed by atoms with van der Waals surface area (Å²) in [6.07, 6.45) is 0. The van der Waals surface area contributed by atoms with E-state index in [-0.39, 0.29) is 5.97 Å². The molecule has 0 spiro atoms. The molecule has 0 radical (unpaired) electrons. The molecule has 128 valence electrons. The highest BCUT2D eigenvalue weighted by atomic mass is 16.5. The van der Waals surface area contributed by atoms with Gasteiger partial charge in [0.25, 0.3) is 0 Å². The van der Waals surface area contributed by atoms with E-state index >= 15 is 0 Å². The molecule has 0 amide bonds. The average Bonchev–Trinajstić information content (AvgIpc) is 2.71. The van der Waals surface area contributed by atoms with E-state index in [0.29, 0.717) is 11.3 Å². The van der Waals surface area contributed by atoms with Crippen LogP contribution in [0.3, 0.4) is 0 Å². The molecule has 0 bridgehead atoms. The number of ether oxygens (including phenoxy) is 1. The van der Waals surface area contributed by atoms with Crippen LogP contribution < -0.4 is 4.74 Å². The van der Waals surface area contributed by atoms with Crippen molar-refractivity contribution in [3.63, 3.8) is 0 Å². The van der Waals surface area contributed by atoms with Crippen molar-refractivity contribution in [3.05, 3.63) is 103 Å². The van der Waals surface area contributed by atoms with Crippen molar-refractivity contribution in [2.45, 2.75) is 0 Å². The van der Waals surface area contributed by atoms with Gasteiger partial charge in [-0.05, 0) is 69.4 Å². The normalized spacial score (nSPS) is 11.1. The third-order valence-corrected chi connectivity index (χ3v) is 4.87. The molecule has 5 rings (SSSR count). The topological polar surface area (TPSA) is 26.3 Å². The summed E-state index contributed by atoms with van der Waals surface area (Å²) >= 11 is 0. The Bertz CT molecular complexity index is 1300. The lowest BCUT2D eigenvalue weighted by Gasteiger charge is -2.10. The van der Waals surface area contributed by atoms with Gasteiger partial charge in [0.15, 0.2) is 0 Å². The van der Waals surface area contributed by atoms with Crippen LogP contribution >= 0.6 is 0 Å². The van der Waals surface area contributed by atoms with Crippen LogP contribution in [0.25, 0.3) is 32.3 Å². The Morgan fingerprint density at radius 1 is 0.556 bits per heavy atom. The first kappa shape index (κ1) is 15.6. The van der Waals surface area contributed by atoms with E-state index in [1.54, 1.807) is 12.1 Å². The van der Waals surface area contributed by atoms with E-state index < -0.39 is 0 Å². The van der Waals surface area contributed by atoms with Crippen molar-refractivity contribution in [3.8, 4) is 5.75 Å². The molecule has 2 nitrogen and oxygen atoms in total. The summed E-state index contributed by atoms with van der Waals surface area (Å²) < 4.78 is 5.71. The molecule has 0 saturated carbocycles. The molecular formula is C25H16O2. The zero-order chi connectivity index (χ0) is 18.2. The van der Waals surface area contributed by atoms with Gasteiger partial charge in [-0.15, -0.1) is 0 Å². The summed E-state index contributed by atoms with van der Waals surface area (Å²) in [7, 11) is 0. The minimum absolute atomic E-state index is 0.346. The zero-order valence-electron chi connectivity index (χ0n) is 14.6. The Labute approximate surface area is 156 Å². The number of rotatable bonds is 2. The van der Waals surface area contributed by atoms with E-state index in [4.69, 9.17) is 4.74 Å². The summed E-state index contributed by atoms with van der Waals surface area (Å²) in [5.74, 6) is 0.234. The van der Waals surface area contributed by atoms with Gasteiger partial charge >= 0.3 is 5.97 Å². The number of fused-ring (bicyclic) bond motifs is 3. The molecule has 0 atom stereocenters. The predicted molar refractivity (Wildman–Crippen MR) is 110 cm³/mol. The van der Waals surface area contributed by atoms with Crippen LogP contribution in [0.2, 0.25) is 0 Å². The van der Waals surface area contributed by atoms with Crippen LogP contribution in [-0.4, -0.2) is 5.97 Å². The summed E-state index contributed by atoms with van der Waals surface area (Å²) in [5, 5.41) is 6.71. The number of hydrogen-bond donors (Lipinski definition) is 0. The molecule has 2 heteroatoms. The number of carbonyl (C=O) groups is 1. The first-order valence-electron chi connectivity index (χ1n) is 8.90. The Balaban J connectivity index is 1.65. The second-order valence-electron chi connectivity index (χ2n) is 6.63. The van der Waals surface area contributed by atoms with Gasteiger partial charge in [-0.25, -0.2) is 4.79 Å². The van der Waals surface area contributed by atoms with Crippen molar-refractivity contribution >= 4 is 38.3 Å². The van der Waals surface area contributed by atoms with E-state index in [2.05, 4.69) is 42.5 Å². The first-order chi connectivity index (χ1) is 13.3. The second kappa shape index (κ2) is 6.26. The van der Waals surface area contributed by atoms with Crippen LogP contribution in [0, 0.1) is 0 Å². The molecule has 5 aromatic rings. The molecule has 0 N–H and O–H groups in total. The summed E-state index contributed by atoms with van der Waals surface area (Å²) in [5.41, 5.74) is 0.543. The molecule has 5 aromatic carbocycles. The highest BCUT2D eigenvalue weighted by molar-refractivity contribution is 6.06. The third-order valence-electron chi connectivity index (χ3n) is 4.87. The Kier molecular flexibility index (Phi) is 3.61. The highest BCUT2D eigenvalue weighted by Crippen LogP contribution is 2.32. The highest BCUT2D eigenvalue weighted by Gasteiger charge is 2.11. The van der Waals surface area contributed by atoms with Crippen LogP contribution in [0.1, 0.15) is 10.4 Å². The number of esters is 1. The van der Waals surface area contributed by atoms with Gasteiger partial charge in [-0.2, -0.15) is 0 Å². The molecule has 0 saturated heterocycles. The smallest absolute Gasteiger partial charge is 0.343 e. The fourth-order valence-corrected chi connectivity index (χ4v) is 3.51. The molecule has 0 heterocycles. The number of carbonyl (C=O) groups excluding carboxylic acids is 1. The maximum Gasteiger partial charge on any atom is 0.343 e. The molecular weight excluding hydrogens is 332 g/mol. The summed E-state index contributed by atoms with van der Waals surface area (Å²) in [6.45, 7) is 0. The molecule has 0 fully saturated rings. The molecule has 0 aliphatic heterocycles. The van der Waals surface area contributed by atoms with Gasteiger partial charge in [0, 0.05) is 5.39 Å². The van der Waals surface area contributed by atoms with E-state index in [0.717, 1.165) is 16.2 Å².